The third-order valence-electron chi connectivity index (χ3n) is 2.81. The first-order valence-corrected chi connectivity index (χ1v) is 6.89. The van der Waals surface area contributed by atoms with Gasteiger partial charge in [0.2, 0.25) is 11.7 Å². The number of nitrogens with zero attached hydrogens (tertiary/aromatic N) is 2. The van der Waals surface area contributed by atoms with Gasteiger partial charge in [0, 0.05) is 12.0 Å². The first kappa shape index (κ1) is 15.8. The normalized spacial score (nSPS) is 10.7. The number of hydrogen-bond donors (Lipinski definition) is 1. The summed E-state index contributed by atoms with van der Waals surface area (Å²) in [5, 5.41) is 12.5. The van der Waals surface area contributed by atoms with Crippen LogP contribution in [0.5, 0.6) is 11.5 Å². The van der Waals surface area contributed by atoms with E-state index in [1.165, 1.54) is 0 Å². The van der Waals surface area contributed by atoms with Crippen LogP contribution in [0, 0.1) is 0 Å². The lowest BCUT2D eigenvalue weighted by molar-refractivity contribution is -0.137. The molecule has 7 nitrogen and oxygen atoms in total. The molecule has 118 valence electrons. The molecule has 0 saturated carbocycles. The number of aliphatic carboxylic acids is 1. The molecule has 0 aliphatic rings. The van der Waals surface area contributed by atoms with Crippen LogP contribution in [0.4, 0.5) is 0 Å². The van der Waals surface area contributed by atoms with Gasteiger partial charge in [-0.1, -0.05) is 5.16 Å². The predicted octanol–water partition coefficient (Wildman–Crippen LogP) is 2.55. The topological polar surface area (TPSA) is 94.7 Å². The fourth-order valence-corrected chi connectivity index (χ4v) is 1.85. The van der Waals surface area contributed by atoms with E-state index in [1.54, 1.807) is 25.3 Å². The number of aromatic nitrogens is 2. The molecular formula is C15H18N2O5. The number of methoxy groups -OCH3 is 1. The Kier molecular flexibility index (Phi) is 4.98. The highest BCUT2D eigenvalue weighted by atomic mass is 16.5. The molecule has 0 bridgehead atoms. The van der Waals surface area contributed by atoms with E-state index in [2.05, 4.69) is 10.1 Å². The molecule has 1 aromatic carbocycles. The molecule has 0 saturated heterocycles. The molecule has 0 atom stereocenters. The molecule has 0 unspecified atom stereocenters. The zero-order valence-corrected chi connectivity index (χ0v) is 12.7. The third kappa shape index (κ3) is 3.97. The Hall–Kier alpha value is -2.57. The van der Waals surface area contributed by atoms with E-state index < -0.39 is 5.97 Å². The molecule has 0 aliphatic heterocycles. The van der Waals surface area contributed by atoms with Crippen LogP contribution in [0.2, 0.25) is 0 Å². The average Bonchev–Trinajstić information content (AvgIpc) is 2.94. The molecule has 1 aromatic heterocycles. The van der Waals surface area contributed by atoms with Crippen molar-refractivity contribution in [2.45, 2.75) is 32.8 Å². The summed E-state index contributed by atoms with van der Waals surface area (Å²) in [6.45, 7) is 3.86. The Morgan fingerprint density at radius 2 is 2.14 bits per heavy atom. The Bertz CT molecular complexity index is 651. The quantitative estimate of drug-likeness (QED) is 0.839. The first-order chi connectivity index (χ1) is 10.5. The summed E-state index contributed by atoms with van der Waals surface area (Å²) >= 11 is 0. The second kappa shape index (κ2) is 6.93. The second-order valence-corrected chi connectivity index (χ2v) is 4.94. The summed E-state index contributed by atoms with van der Waals surface area (Å²) in [5.74, 6) is 0.976. The van der Waals surface area contributed by atoms with E-state index in [0.29, 0.717) is 28.8 Å². The van der Waals surface area contributed by atoms with E-state index >= 15 is 0 Å². The van der Waals surface area contributed by atoms with Crippen molar-refractivity contribution in [3.8, 4) is 22.9 Å². The van der Waals surface area contributed by atoms with Crippen LogP contribution in [0.25, 0.3) is 11.4 Å². The Morgan fingerprint density at radius 3 is 2.77 bits per heavy atom. The van der Waals surface area contributed by atoms with Gasteiger partial charge in [-0.3, -0.25) is 4.79 Å². The minimum atomic E-state index is -0.906. The molecule has 0 fully saturated rings. The fraction of sp³-hybridized carbons (Fsp3) is 0.400. The first-order valence-electron chi connectivity index (χ1n) is 6.89. The number of rotatable bonds is 7. The summed E-state index contributed by atoms with van der Waals surface area (Å²) in [4.78, 5) is 14.7. The maximum Gasteiger partial charge on any atom is 0.303 e. The summed E-state index contributed by atoms with van der Waals surface area (Å²) < 4.78 is 16.0. The lowest BCUT2D eigenvalue weighted by Crippen LogP contribution is -2.06. The minimum absolute atomic E-state index is 0.0348. The molecule has 1 heterocycles. The molecule has 2 aromatic rings. The van der Waals surface area contributed by atoms with Crippen LogP contribution in [0.1, 0.15) is 26.2 Å². The van der Waals surface area contributed by atoms with Crippen molar-refractivity contribution in [2.24, 2.45) is 0 Å². The molecular weight excluding hydrogens is 288 g/mol. The molecule has 0 aliphatic carbocycles. The molecule has 22 heavy (non-hydrogen) atoms. The summed E-state index contributed by atoms with van der Waals surface area (Å²) in [5.41, 5.74) is 0.707. The van der Waals surface area contributed by atoms with Gasteiger partial charge in [0.25, 0.3) is 0 Å². The van der Waals surface area contributed by atoms with Gasteiger partial charge in [-0.25, -0.2) is 0 Å². The zero-order chi connectivity index (χ0) is 16.1. The zero-order valence-electron chi connectivity index (χ0n) is 12.7. The van der Waals surface area contributed by atoms with Crippen LogP contribution >= 0.6 is 0 Å². The Labute approximate surface area is 127 Å². The highest BCUT2D eigenvalue weighted by Crippen LogP contribution is 2.32. The highest BCUT2D eigenvalue weighted by molar-refractivity contribution is 5.67. The van der Waals surface area contributed by atoms with E-state index in [1.807, 2.05) is 13.8 Å². The summed E-state index contributed by atoms with van der Waals surface area (Å²) in [6.07, 6.45) is 0.188. The second-order valence-electron chi connectivity index (χ2n) is 4.94. The van der Waals surface area contributed by atoms with Crippen molar-refractivity contribution in [3.05, 3.63) is 24.1 Å². The molecule has 0 spiro atoms. The number of carbonyl (C=O) groups is 1. The maximum atomic E-state index is 10.5. The van der Waals surface area contributed by atoms with Crippen LogP contribution in [-0.2, 0) is 11.2 Å². The largest absolute Gasteiger partial charge is 0.493 e. The van der Waals surface area contributed by atoms with Crippen molar-refractivity contribution in [2.75, 3.05) is 7.11 Å². The van der Waals surface area contributed by atoms with Crippen LogP contribution in [-0.4, -0.2) is 34.4 Å². The van der Waals surface area contributed by atoms with Crippen molar-refractivity contribution < 1.29 is 23.9 Å². The monoisotopic (exact) mass is 306 g/mol. The number of carboxylic acid groups (broad SMARTS) is 1. The number of benzene rings is 1. The summed E-state index contributed by atoms with van der Waals surface area (Å²) in [7, 11) is 1.56. The maximum absolute atomic E-state index is 10.5. The third-order valence-corrected chi connectivity index (χ3v) is 2.81. The SMILES string of the molecule is COc1cc(-c2noc(CCC(=O)O)n2)ccc1OC(C)C. The van der Waals surface area contributed by atoms with Crippen molar-refractivity contribution >= 4 is 5.97 Å². The Morgan fingerprint density at radius 1 is 1.36 bits per heavy atom. The van der Waals surface area contributed by atoms with Crippen LogP contribution in [0.15, 0.2) is 22.7 Å². The summed E-state index contributed by atoms with van der Waals surface area (Å²) in [6, 6.07) is 5.33. The van der Waals surface area contributed by atoms with Crippen LogP contribution < -0.4 is 9.47 Å². The number of hydrogen-bond acceptors (Lipinski definition) is 6. The number of carboxylic acids is 1. The minimum Gasteiger partial charge on any atom is -0.493 e. The highest BCUT2D eigenvalue weighted by Gasteiger charge is 2.13. The molecule has 2 rings (SSSR count). The van der Waals surface area contributed by atoms with Crippen molar-refractivity contribution in [1.82, 2.24) is 10.1 Å². The van der Waals surface area contributed by atoms with Gasteiger partial charge >= 0.3 is 5.97 Å². The predicted molar refractivity (Wildman–Crippen MR) is 78.0 cm³/mol. The lowest BCUT2D eigenvalue weighted by atomic mass is 10.2. The molecule has 0 amide bonds. The standard InChI is InChI=1S/C15H18N2O5/c1-9(2)21-11-5-4-10(8-12(11)20-3)15-16-13(22-17-15)6-7-14(18)19/h4-5,8-9H,6-7H2,1-3H3,(H,18,19). The van der Waals surface area contributed by atoms with Gasteiger partial charge in [-0.05, 0) is 32.0 Å². The average molecular weight is 306 g/mol. The van der Waals surface area contributed by atoms with Crippen molar-refractivity contribution in [1.29, 1.82) is 0 Å². The molecule has 0 radical (unpaired) electrons. The van der Waals surface area contributed by atoms with Gasteiger partial charge in [-0.15, -0.1) is 0 Å². The van der Waals surface area contributed by atoms with E-state index in [-0.39, 0.29) is 18.9 Å². The van der Waals surface area contributed by atoms with Gasteiger partial charge in [-0.2, -0.15) is 4.98 Å². The van der Waals surface area contributed by atoms with Gasteiger partial charge in [0.1, 0.15) is 0 Å². The Balaban J connectivity index is 2.20. The van der Waals surface area contributed by atoms with Crippen LogP contribution in [0.3, 0.4) is 0 Å². The smallest absolute Gasteiger partial charge is 0.303 e. The van der Waals surface area contributed by atoms with Gasteiger partial charge < -0.3 is 19.1 Å². The fourth-order valence-electron chi connectivity index (χ4n) is 1.85. The van der Waals surface area contributed by atoms with E-state index in [9.17, 15) is 4.79 Å². The van der Waals surface area contributed by atoms with Crippen molar-refractivity contribution in [3.63, 3.8) is 0 Å². The lowest BCUT2D eigenvalue weighted by Gasteiger charge is -2.13. The van der Waals surface area contributed by atoms with E-state index in [4.69, 9.17) is 19.1 Å². The van der Waals surface area contributed by atoms with Gasteiger partial charge in [0.15, 0.2) is 11.5 Å². The molecule has 1 N–H and O–H groups in total. The van der Waals surface area contributed by atoms with E-state index in [0.717, 1.165) is 0 Å². The number of aryl methyl sites for hydroxylation is 1. The molecule has 7 heteroatoms. The van der Waals surface area contributed by atoms with Gasteiger partial charge in [0.05, 0.1) is 19.6 Å². The number of ether oxygens (including phenoxy) is 2.